The van der Waals surface area contributed by atoms with Gasteiger partial charge in [-0.2, -0.15) is 4.73 Å². The second kappa shape index (κ2) is 2.94. The molecule has 1 aromatic carbocycles. The maximum absolute atomic E-state index is 10.9. The molecule has 0 N–H and O–H groups in total. The van der Waals surface area contributed by atoms with Crippen LogP contribution in [-0.2, 0) is 0 Å². The number of para-hydroxylation sites is 1. The third-order valence-electron chi connectivity index (χ3n) is 1.76. The van der Waals surface area contributed by atoms with Gasteiger partial charge in [-0.15, -0.1) is 0 Å². The van der Waals surface area contributed by atoms with Crippen molar-refractivity contribution < 1.29 is 15.1 Å². The Morgan fingerprint density at radius 2 is 2.31 bits per heavy atom. The van der Waals surface area contributed by atoms with Crippen molar-refractivity contribution in [1.82, 2.24) is 4.73 Å². The molecule has 3 nitrogen and oxygen atoms in total. The second-order valence-corrected chi connectivity index (χ2v) is 2.43. The maximum Gasteiger partial charge on any atom is 0.152 e. The van der Waals surface area contributed by atoms with E-state index in [1.165, 1.54) is 13.3 Å². The molecule has 0 spiro atoms. The van der Waals surface area contributed by atoms with E-state index in [9.17, 15) is 4.79 Å². The summed E-state index contributed by atoms with van der Waals surface area (Å²) < 4.78 is 31.8. The average molecular weight is 179 g/mol. The quantitative estimate of drug-likeness (QED) is 0.654. The Kier molecular flexibility index (Phi) is 1.01. The van der Waals surface area contributed by atoms with Crippen molar-refractivity contribution in [1.29, 1.82) is 0 Å². The van der Waals surface area contributed by atoms with Crippen LogP contribution in [0.4, 0.5) is 0 Å². The summed E-state index contributed by atoms with van der Waals surface area (Å²) in [5.41, 5.74) is 0.342. The molecule has 1 heterocycles. The fourth-order valence-corrected chi connectivity index (χ4v) is 1.17. The van der Waals surface area contributed by atoms with E-state index in [4.69, 9.17) is 10.3 Å². The topological polar surface area (TPSA) is 31.2 Å². The summed E-state index contributed by atoms with van der Waals surface area (Å²) in [6.45, 7) is 0. The van der Waals surface area contributed by atoms with Crippen LogP contribution in [0.5, 0.6) is 0 Å². The van der Waals surface area contributed by atoms with Crippen LogP contribution >= 0.6 is 0 Å². The summed E-state index contributed by atoms with van der Waals surface area (Å²) in [4.78, 5) is 15.8. The monoisotopic (exact) mass is 179 g/mol. The van der Waals surface area contributed by atoms with E-state index in [2.05, 4.69) is 0 Å². The highest BCUT2D eigenvalue weighted by atomic mass is 16.6. The molecule has 0 radical (unpaired) electrons. The summed E-state index contributed by atoms with van der Waals surface area (Å²) in [5.74, 6) is 0. The number of aldehydes is 1. The molecule has 0 aliphatic rings. The highest BCUT2D eigenvalue weighted by molar-refractivity contribution is 5.97. The smallest absolute Gasteiger partial charge is 0.152 e. The van der Waals surface area contributed by atoms with E-state index in [1.807, 2.05) is 0 Å². The summed E-state index contributed by atoms with van der Waals surface area (Å²) >= 11 is 0. The number of aromatic nitrogens is 1. The predicted octanol–water partition coefficient (Wildman–Crippen LogP) is 1.51. The molecule has 2 aromatic rings. The fraction of sp³-hybridized carbons (Fsp3) is 0.100. The van der Waals surface area contributed by atoms with Gasteiger partial charge in [-0.25, -0.2) is 0 Å². The standard InChI is InChI=1S/C10H9NO2/c1-13-11-6-8(7-12)9-4-2-3-5-10(9)11/h2-7H,1H3/i2D,3D,4D,5D. The molecule has 0 aliphatic heterocycles. The molecule has 0 amide bonds. The predicted molar refractivity (Wildman–Crippen MR) is 49.8 cm³/mol. The average Bonchev–Trinajstić information content (AvgIpc) is 2.72. The van der Waals surface area contributed by atoms with Crippen LogP contribution in [0.3, 0.4) is 0 Å². The van der Waals surface area contributed by atoms with E-state index in [0.29, 0.717) is 6.29 Å². The van der Waals surface area contributed by atoms with E-state index in [0.717, 1.165) is 4.73 Å². The van der Waals surface area contributed by atoms with Crippen LogP contribution in [0.2, 0.25) is 0 Å². The van der Waals surface area contributed by atoms with Gasteiger partial charge in [-0.05, 0) is 6.04 Å². The first kappa shape index (κ1) is 4.46. The minimum absolute atomic E-state index is 0.167. The number of rotatable bonds is 2. The minimum atomic E-state index is -0.362. The van der Waals surface area contributed by atoms with Crippen molar-refractivity contribution in [2.45, 2.75) is 0 Å². The molecule has 2 rings (SSSR count). The second-order valence-electron chi connectivity index (χ2n) is 2.43. The molecule has 0 aliphatic carbocycles. The molecule has 0 bridgehead atoms. The Labute approximate surface area is 81.1 Å². The number of benzene rings is 1. The highest BCUT2D eigenvalue weighted by Gasteiger charge is 2.05. The van der Waals surface area contributed by atoms with Gasteiger partial charge in [0, 0.05) is 10.9 Å². The summed E-state index contributed by atoms with van der Waals surface area (Å²) in [6, 6.07) is -1.18. The summed E-state index contributed by atoms with van der Waals surface area (Å²) in [6.07, 6.45) is 1.88. The normalized spacial score (nSPS) is 14.5. The molecule has 66 valence electrons. The SMILES string of the molecule is [2H]c1c([2H])c([2H])c2c(c(C=O)cn2OC)c1[2H]. The van der Waals surface area contributed by atoms with Crippen LogP contribution in [0.15, 0.2) is 30.4 Å². The van der Waals surface area contributed by atoms with Crippen molar-refractivity contribution in [2.24, 2.45) is 0 Å². The third kappa shape index (κ3) is 1.09. The van der Waals surface area contributed by atoms with Gasteiger partial charge in [0.05, 0.1) is 17.2 Å². The van der Waals surface area contributed by atoms with Crippen molar-refractivity contribution in [3.8, 4) is 0 Å². The number of carbonyl (C=O) groups excluding carboxylic acids is 1. The van der Waals surface area contributed by atoms with Gasteiger partial charge in [0.15, 0.2) is 6.29 Å². The lowest BCUT2D eigenvalue weighted by Gasteiger charge is -1.99. The zero-order valence-electron chi connectivity index (χ0n) is 10.9. The molecule has 0 atom stereocenters. The zero-order chi connectivity index (χ0) is 12.7. The van der Waals surface area contributed by atoms with Crippen LogP contribution in [0.1, 0.15) is 15.8 Å². The molecule has 0 saturated heterocycles. The van der Waals surface area contributed by atoms with E-state index in [-0.39, 0.29) is 40.6 Å². The first-order chi connectivity index (χ1) is 8.02. The number of nitrogens with zero attached hydrogens (tertiary/aromatic N) is 1. The van der Waals surface area contributed by atoms with Crippen molar-refractivity contribution in [3.63, 3.8) is 0 Å². The van der Waals surface area contributed by atoms with Gasteiger partial charge in [0.25, 0.3) is 0 Å². The number of carbonyl (C=O) groups is 1. The lowest BCUT2D eigenvalue weighted by Crippen LogP contribution is -2.02. The lowest BCUT2D eigenvalue weighted by atomic mass is 10.2. The lowest BCUT2D eigenvalue weighted by molar-refractivity contribution is 0.112. The van der Waals surface area contributed by atoms with Gasteiger partial charge in [-0.1, -0.05) is 18.1 Å². The first-order valence-electron chi connectivity index (χ1n) is 5.64. The molecule has 13 heavy (non-hydrogen) atoms. The Bertz CT molecular complexity index is 621. The molecule has 0 unspecified atom stereocenters. The Morgan fingerprint density at radius 3 is 3.00 bits per heavy atom. The van der Waals surface area contributed by atoms with Gasteiger partial charge in [-0.3, -0.25) is 4.79 Å². The Balaban J connectivity index is 3.06. The number of hydrogen-bond acceptors (Lipinski definition) is 2. The fourth-order valence-electron chi connectivity index (χ4n) is 1.17. The zero-order valence-corrected chi connectivity index (χ0v) is 6.92. The molecule has 1 aromatic heterocycles. The van der Waals surface area contributed by atoms with Crippen LogP contribution in [0, 0.1) is 0 Å². The van der Waals surface area contributed by atoms with Gasteiger partial charge < -0.3 is 4.84 Å². The molecular formula is C10H9NO2. The van der Waals surface area contributed by atoms with Gasteiger partial charge in [0.1, 0.15) is 7.11 Å². The third-order valence-corrected chi connectivity index (χ3v) is 1.76. The van der Waals surface area contributed by atoms with Crippen molar-refractivity contribution in [2.75, 3.05) is 7.11 Å². The largest absolute Gasteiger partial charge is 0.417 e. The Hall–Kier alpha value is -1.77. The highest BCUT2D eigenvalue weighted by Crippen LogP contribution is 2.18. The van der Waals surface area contributed by atoms with Crippen molar-refractivity contribution in [3.05, 3.63) is 35.9 Å². The first-order valence-corrected chi connectivity index (χ1v) is 3.64. The van der Waals surface area contributed by atoms with E-state index < -0.39 is 0 Å². The van der Waals surface area contributed by atoms with E-state index >= 15 is 0 Å². The van der Waals surface area contributed by atoms with Gasteiger partial charge >= 0.3 is 0 Å². The van der Waals surface area contributed by atoms with Crippen molar-refractivity contribution >= 4 is 17.2 Å². The van der Waals surface area contributed by atoms with Crippen LogP contribution < -0.4 is 4.84 Å². The number of hydrogen-bond donors (Lipinski definition) is 0. The summed E-state index contributed by atoms with van der Waals surface area (Å²) in [5, 5.41) is 0.174. The molecule has 0 fully saturated rings. The van der Waals surface area contributed by atoms with Gasteiger partial charge in [0.2, 0.25) is 0 Å². The minimum Gasteiger partial charge on any atom is -0.417 e. The molecular weight excluding hydrogens is 166 g/mol. The number of fused-ring (bicyclic) bond motifs is 1. The molecule has 0 saturated carbocycles. The Morgan fingerprint density at radius 1 is 1.54 bits per heavy atom. The van der Waals surface area contributed by atoms with Crippen LogP contribution in [0.25, 0.3) is 10.9 Å². The van der Waals surface area contributed by atoms with E-state index in [1.54, 1.807) is 0 Å². The molecule has 3 heteroatoms. The maximum atomic E-state index is 10.9. The summed E-state index contributed by atoms with van der Waals surface area (Å²) in [7, 11) is 1.36. The van der Waals surface area contributed by atoms with Crippen LogP contribution in [-0.4, -0.2) is 18.1 Å².